The molecule has 1 unspecified atom stereocenters. The highest BCUT2D eigenvalue weighted by molar-refractivity contribution is 7.13. The van der Waals surface area contributed by atoms with Gasteiger partial charge in [-0.25, -0.2) is 4.98 Å². The molecule has 0 aliphatic carbocycles. The van der Waals surface area contributed by atoms with Crippen LogP contribution in [0.1, 0.15) is 54.2 Å². The Bertz CT molecular complexity index is 813. The Labute approximate surface area is 176 Å². The van der Waals surface area contributed by atoms with Crippen molar-refractivity contribution >= 4 is 28.3 Å². The maximum absolute atomic E-state index is 13.1. The van der Waals surface area contributed by atoms with Gasteiger partial charge in [-0.2, -0.15) is 0 Å². The van der Waals surface area contributed by atoms with Crippen LogP contribution in [0.4, 0.5) is 5.13 Å². The number of hydrogen-bond acceptors (Lipinski definition) is 5. The highest BCUT2D eigenvalue weighted by Gasteiger charge is 2.25. The van der Waals surface area contributed by atoms with Crippen molar-refractivity contribution in [3.63, 3.8) is 0 Å². The van der Waals surface area contributed by atoms with Crippen molar-refractivity contribution in [2.45, 2.75) is 52.1 Å². The molecule has 0 bridgehead atoms. The van der Waals surface area contributed by atoms with Crippen LogP contribution in [-0.4, -0.2) is 47.5 Å². The van der Waals surface area contributed by atoms with Gasteiger partial charge in [0.2, 0.25) is 5.91 Å². The first-order valence-corrected chi connectivity index (χ1v) is 11.1. The molecule has 3 rings (SSSR count). The topological polar surface area (TPSA) is 71.5 Å². The number of aromatic nitrogens is 1. The van der Waals surface area contributed by atoms with E-state index in [4.69, 9.17) is 4.74 Å². The predicted molar refractivity (Wildman–Crippen MR) is 115 cm³/mol. The van der Waals surface area contributed by atoms with E-state index in [0.29, 0.717) is 23.8 Å². The van der Waals surface area contributed by atoms with Crippen molar-refractivity contribution in [2.24, 2.45) is 0 Å². The molecule has 1 atom stereocenters. The standard InChI is InChI=1S/C22H29N3O3S/c1-3-4-6-17-8-10-18(11-9-17)21(27)25(13-19-7-5-12-28-19)14-20(26)24-22-23-16(2)15-29-22/h8-11,15,19H,3-7,12-14H2,1-2H3,(H,23,24,26). The van der Waals surface area contributed by atoms with Gasteiger partial charge in [0.25, 0.3) is 5.91 Å². The van der Waals surface area contributed by atoms with E-state index in [0.717, 1.165) is 37.8 Å². The zero-order chi connectivity index (χ0) is 20.6. The molecule has 1 aliphatic heterocycles. The van der Waals surface area contributed by atoms with Gasteiger partial charge in [-0.3, -0.25) is 9.59 Å². The van der Waals surface area contributed by atoms with E-state index < -0.39 is 0 Å². The number of ether oxygens (including phenoxy) is 1. The second-order valence-corrected chi connectivity index (χ2v) is 8.32. The minimum atomic E-state index is -0.245. The third-order valence-electron chi connectivity index (χ3n) is 4.95. The SMILES string of the molecule is CCCCc1ccc(C(=O)N(CC(=O)Nc2nc(C)cs2)CC2CCCO2)cc1. The summed E-state index contributed by atoms with van der Waals surface area (Å²) in [4.78, 5) is 31.5. The van der Waals surface area contributed by atoms with Gasteiger partial charge in [0.05, 0.1) is 11.8 Å². The van der Waals surface area contributed by atoms with E-state index in [-0.39, 0.29) is 24.5 Å². The Hall–Kier alpha value is -2.25. The summed E-state index contributed by atoms with van der Waals surface area (Å²) in [5.74, 6) is -0.390. The number of rotatable bonds is 9. The van der Waals surface area contributed by atoms with Crippen molar-refractivity contribution in [1.29, 1.82) is 0 Å². The third-order valence-corrected chi connectivity index (χ3v) is 5.83. The van der Waals surface area contributed by atoms with E-state index >= 15 is 0 Å². The fourth-order valence-corrected chi connectivity index (χ4v) is 4.08. The minimum absolute atomic E-state index is 0.0160. The Morgan fingerprint density at radius 1 is 1.31 bits per heavy atom. The first-order chi connectivity index (χ1) is 14.0. The van der Waals surface area contributed by atoms with E-state index in [2.05, 4.69) is 17.2 Å². The van der Waals surface area contributed by atoms with E-state index in [1.165, 1.54) is 16.9 Å². The van der Waals surface area contributed by atoms with Crippen LogP contribution in [-0.2, 0) is 16.0 Å². The van der Waals surface area contributed by atoms with Gasteiger partial charge in [-0.15, -0.1) is 11.3 Å². The molecule has 1 N–H and O–H groups in total. The molecule has 0 spiro atoms. The van der Waals surface area contributed by atoms with Crippen molar-refractivity contribution in [2.75, 3.05) is 25.0 Å². The highest BCUT2D eigenvalue weighted by atomic mass is 32.1. The summed E-state index contributed by atoms with van der Waals surface area (Å²) in [5.41, 5.74) is 2.69. The maximum Gasteiger partial charge on any atom is 0.254 e. The maximum atomic E-state index is 13.1. The van der Waals surface area contributed by atoms with Gasteiger partial charge in [0.1, 0.15) is 6.54 Å². The number of nitrogens with zero attached hydrogens (tertiary/aromatic N) is 2. The molecular formula is C22H29N3O3S. The van der Waals surface area contributed by atoms with Crippen LogP contribution in [0.3, 0.4) is 0 Å². The lowest BCUT2D eigenvalue weighted by molar-refractivity contribution is -0.117. The van der Waals surface area contributed by atoms with Crippen LogP contribution in [0.15, 0.2) is 29.6 Å². The van der Waals surface area contributed by atoms with Gasteiger partial charge >= 0.3 is 0 Å². The van der Waals surface area contributed by atoms with E-state index in [1.807, 2.05) is 36.6 Å². The summed E-state index contributed by atoms with van der Waals surface area (Å²) in [5, 5.41) is 5.22. The van der Waals surface area contributed by atoms with Crippen molar-refractivity contribution in [3.05, 3.63) is 46.5 Å². The van der Waals surface area contributed by atoms with E-state index in [9.17, 15) is 9.59 Å². The molecule has 29 heavy (non-hydrogen) atoms. The molecule has 1 saturated heterocycles. The Kier molecular flexibility index (Phi) is 7.77. The van der Waals surface area contributed by atoms with Gasteiger partial charge in [-0.1, -0.05) is 25.5 Å². The number of aryl methyl sites for hydroxylation is 2. The number of hydrogen-bond donors (Lipinski definition) is 1. The number of carbonyl (C=O) groups is 2. The first-order valence-electron chi connectivity index (χ1n) is 10.3. The lowest BCUT2D eigenvalue weighted by atomic mass is 10.1. The molecule has 2 aromatic rings. The molecule has 156 valence electrons. The number of carbonyl (C=O) groups excluding carboxylic acids is 2. The Morgan fingerprint density at radius 3 is 2.72 bits per heavy atom. The molecule has 1 aromatic heterocycles. The zero-order valence-electron chi connectivity index (χ0n) is 17.1. The minimum Gasteiger partial charge on any atom is -0.376 e. The summed E-state index contributed by atoms with van der Waals surface area (Å²) < 4.78 is 5.70. The number of nitrogens with one attached hydrogen (secondary N) is 1. The molecular weight excluding hydrogens is 386 g/mol. The van der Waals surface area contributed by atoms with Crippen LogP contribution in [0.25, 0.3) is 0 Å². The second-order valence-electron chi connectivity index (χ2n) is 7.46. The van der Waals surface area contributed by atoms with Gasteiger partial charge < -0.3 is 15.0 Å². The summed E-state index contributed by atoms with van der Waals surface area (Å²) in [7, 11) is 0. The molecule has 0 radical (unpaired) electrons. The lowest BCUT2D eigenvalue weighted by Gasteiger charge is -2.25. The fourth-order valence-electron chi connectivity index (χ4n) is 3.37. The van der Waals surface area contributed by atoms with Crippen LogP contribution in [0.2, 0.25) is 0 Å². The largest absolute Gasteiger partial charge is 0.376 e. The molecule has 0 saturated carbocycles. The number of amides is 2. The third kappa shape index (κ3) is 6.37. The van der Waals surface area contributed by atoms with Crippen molar-refractivity contribution in [3.8, 4) is 0 Å². The summed E-state index contributed by atoms with van der Waals surface area (Å²) in [6, 6.07) is 7.73. The summed E-state index contributed by atoms with van der Waals surface area (Å²) >= 11 is 1.38. The lowest BCUT2D eigenvalue weighted by Crippen LogP contribution is -2.42. The second kappa shape index (κ2) is 10.5. The smallest absolute Gasteiger partial charge is 0.254 e. The van der Waals surface area contributed by atoms with Crippen molar-refractivity contribution < 1.29 is 14.3 Å². The Balaban J connectivity index is 1.67. The van der Waals surface area contributed by atoms with Gasteiger partial charge in [0, 0.05) is 24.1 Å². The van der Waals surface area contributed by atoms with Gasteiger partial charge in [0.15, 0.2) is 5.13 Å². The molecule has 7 heteroatoms. The monoisotopic (exact) mass is 415 g/mol. The zero-order valence-corrected chi connectivity index (χ0v) is 18.0. The molecule has 1 aliphatic rings. The quantitative estimate of drug-likeness (QED) is 0.671. The molecule has 2 heterocycles. The van der Waals surface area contributed by atoms with Gasteiger partial charge in [-0.05, 0) is 50.3 Å². The summed E-state index contributed by atoms with van der Waals surface area (Å²) in [6.45, 7) is 5.15. The van der Waals surface area contributed by atoms with Crippen LogP contribution < -0.4 is 5.32 Å². The highest BCUT2D eigenvalue weighted by Crippen LogP contribution is 2.17. The normalized spacial score (nSPS) is 16.0. The average Bonchev–Trinajstić information content (AvgIpc) is 3.37. The van der Waals surface area contributed by atoms with E-state index in [1.54, 1.807) is 4.90 Å². The van der Waals surface area contributed by atoms with Crippen LogP contribution >= 0.6 is 11.3 Å². The predicted octanol–water partition coefficient (Wildman–Crippen LogP) is 4.05. The first kappa shape index (κ1) is 21.5. The molecule has 6 nitrogen and oxygen atoms in total. The Morgan fingerprint density at radius 2 is 2.10 bits per heavy atom. The molecule has 2 amide bonds. The number of benzene rings is 1. The van der Waals surface area contributed by atoms with Crippen molar-refractivity contribution in [1.82, 2.24) is 9.88 Å². The average molecular weight is 416 g/mol. The van der Waals surface area contributed by atoms with Crippen LogP contribution in [0, 0.1) is 6.92 Å². The number of thiazole rings is 1. The fraction of sp³-hybridized carbons (Fsp3) is 0.500. The summed E-state index contributed by atoms with van der Waals surface area (Å²) in [6.07, 6.45) is 5.17. The van der Waals surface area contributed by atoms with Crippen LogP contribution in [0.5, 0.6) is 0 Å². The number of anilines is 1. The molecule has 1 aromatic carbocycles. The molecule has 1 fully saturated rings. The number of unbranched alkanes of at least 4 members (excludes halogenated alkanes) is 1.